The van der Waals surface area contributed by atoms with Crippen molar-refractivity contribution in [3.8, 4) is 11.5 Å². The number of methoxy groups -OCH3 is 2. The largest absolute Gasteiger partial charge is 0.497 e. The Kier molecular flexibility index (Phi) is 6.91. The average Bonchev–Trinajstić information content (AvgIpc) is 3.27. The first-order valence-electron chi connectivity index (χ1n) is 10.3. The van der Waals surface area contributed by atoms with Crippen molar-refractivity contribution in [1.82, 2.24) is 9.21 Å². The number of nitrogens with zero attached hydrogens (tertiary/aromatic N) is 2. The van der Waals surface area contributed by atoms with Crippen molar-refractivity contribution in [3.63, 3.8) is 0 Å². The molecule has 0 aliphatic carbocycles. The molecule has 7 nitrogen and oxygen atoms in total. The summed E-state index contributed by atoms with van der Waals surface area (Å²) in [5.41, 5.74) is 1.27. The minimum absolute atomic E-state index is 0.118. The summed E-state index contributed by atoms with van der Waals surface area (Å²) < 4.78 is 37.9. The molecule has 1 heterocycles. The van der Waals surface area contributed by atoms with Crippen molar-refractivity contribution in [2.45, 2.75) is 43.7 Å². The van der Waals surface area contributed by atoms with Gasteiger partial charge in [-0.2, -0.15) is 4.31 Å². The number of sulfonamides is 1. The second kappa shape index (κ2) is 9.28. The lowest BCUT2D eigenvalue weighted by Gasteiger charge is -2.27. The molecule has 3 rings (SSSR count). The Bertz CT molecular complexity index is 1050. The fraction of sp³-hybridized carbons (Fsp3) is 0.435. The molecular weight excluding hydrogens is 416 g/mol. The van der Waals surface area contributed by atoms with E-state index in [1.807, 2.05) is 32.0 Å². The molecular formula is C23H30N2O5S. The zero-order chi connectivity index (χ0) is 22.8. The zero-order valence-corrected chi connectivity index (χ0v) is 19.5. The minimum atomic E-state index is -3.67. The van der Waals surface area contributed by atoms with Crippen molar-refractivity contribution in [2.75, 3.05) is 27.8 Å². The summed E-state index contributed by atoms with van der Waals surface area (Å²) >= 11 is 0. The standard InChI is InChI=1S/C23H30N2O5S/c1-16(2)24(3)31(27,28)19-9-6-8-17(14-19)23(26)25-13-7-10-21(25)20-12-11-18(29-4)15-22(20)30-5/h6,8-9,11-12,14-16,21H,7,10,13H2,1-5H3. The van der Waals surface area contributed by atoms with E-state index >= 15 is 0 Å². The van der Waals surface area contributed by atoms with E-state index in [0.717, 1.165) is 18.4 Å². The smallest absolute Gasteiger partial charge is 0.254 e. The maximum Gasteiger partial charge on any atom is 0.254 e. The van der Waals surface area contributed by atoms with Crippen LogP contribution >= 0.6 is 0 Å². The highest BCUT2D eigenvalue weighted by atomic mass is 32.2. The predicted octanol–water partition coefficient (Wildman–Crippen LogP) is 3.71. The van der Waals surface area contributed by atoms with E-state index in [2.05, 4.69) is 0 Å². The van der Waals surface area contributed by atoms with Gasteiger partial charge in [-0.15, -0.1) is 0 Å². The highest BCUT2D eigenvalue weighted by molar-refractivity contribution is 7.89. The highest BCUT2D eigenvalue weighted by Gasteiger charge is 2.33. The summed E-state index contributed by atoms with van der Waals surface area (Å²) in [6.07, 6.45) is 1.67. The molecule has 0 radical (unpaired) electrons. The van der Waals surface area contributed by atoms with E-state index in [0.29, 0.717) is 23.6 Å². The van der Waals surface area contributed by atoms with Gasteiger partial charge in [0.2, 0.25) is 10.0 Å². The lowest BCUT2D eigenvalue weighted by molar-refractivity contribution is 0.0734. The van der Waals surface area contributed by atoms with E-state index in [4.69, 9.17) is 9.47 Å². The molecule has 1 saturated heterocycles. The van der Waals surface area contributed by atoms with E-state index in [-0.39, 0.29) is 22.9 Å². The van der Waals surface area contributed by atoms with Crippen molar-refractivity contribution in [3.05, 3.63) is 53.6 Å². The number of ether oxygens (including phenoxy) is 2. The van der Waals surface area contributed by atoms with Gasteiger partial charge >= 0.3 is 0 Å². The first-order valence-corrected chi connectivity index (χ1v) is 11.8. The molecule has 168 valence electrons. The Balaban J connectivity index is 1.93. The zero-order valence-electron chi connectivity index (χ0n) is 18.7. The van der Waals surface area contributed by atoms with Gasteiger partial charge in [0, 0.05) is 36.8 Å². The third-order valence-electron chi connectivity index (χ3n) is 5.80. The third-order valence-corrected chi connectivity index (χ3v) is 7.83. The summed E-state index contributed by atoms with van der Waals surface area (Å²) in [5, 5.41) is 0. The highest BCUT2D eigenvalue weighted by Crippen LogP contribution is 2.39. The number of benzene rings is 2. The maximum atomic E-state index is 13.4. The second-order valence-corrected chi connectivity index (χ2v) is 9.90. The topological polar surface area (TPSA) is 76.2 Å². The van der Waals surface area contributed by atoms with Crippen LogP contribution in [0, 0.1) is 0 Å². The molecule has 0 spiro atoms. The van der Waals surface area contributed by atoms with Crippen molar-refractivity contribution in [1.29, 1.82) is 0 Å². The van der Waals surface area contributed by atoms with Crippen LogP contribution in [0.25, 0.3) is 0 Å². The number of carbonyl (C=O) groups excluding carboxylic acids is 1. The van der Waals surface area contributed by atoms with Gasteiger partial charge in [0.05, 0.1) is 25.2 Å². The minimum Gasteiger partial charge on any atom is -0.497 e. The molecule has 0 saturated carbocycles. The predicted molar refractivity (Wildman–Crippen MR) is 119 cm³/mol. The first kappa shape index (κ1) is 23.1. The van der Waals surface area contributed by atoms with Gasteiger partial charge < -0.3 is 14.4 Å². The molecule has 31 heavy (non-hydrogen) atoms. The molecule has 1 aliphatic rings. The van der Waals surface area contributed by atoms with Crippen LogP contribution in [0.1, 0.15) is 48.7 Å². The number of hydrogen-bond acceptors (Lipinski definition) is 5. The second-order valence-electron chi connectivity index (χ2n) is 7.91. The van der Waals surface area contributed by atoms with Gasteiger partial charge in [0.25, 0.3) is 5.91 Å². The lowest BCUT2D eigenvalue weighted by Crippen LogP contribution is -2.33. The van der Waals surface area contributed by atoms with Gasteiger partial charge in [0.15, 0.2) is 0 Å². The quantitative estimate of drug-likeness (QED) is 0.648. The molecule has 1 atom stereocenters. The van der Waals surface area contributed by atoms with Gasteiger partial charge in [-0.25, -0.2) is 8.42 Å². The molecule has 0 N–H and O–H groups in total. The molecule has 1 amide bonds. The fourth-order valence-corrected chi connectivity index (χ4v) is 5.24. The number of carbonyl (C=O) groups is 1. The summed E-state index contributed by atoms with van der Waals surface area (Å²) in [4.78, 5) is 15.3. The maximum absolute atomic E-state index is 13.4. The number of hydrogen-bond donors (Lipinski definition) is 0. The summed E-state index contributed by atoms with van der Waals surface area (Å²) in [6.45, 7) is 4.22. The van der Waals surface area contributed by atoms with Crippen LogP contribution in [0.15, 0.2) is 47.4 Å². The Labute approximate surface area is 184 Å². The van der Waals surface area contributed by atoms with Crippen LogP contribution in [0.2, 0.25) is 0 Å². The van der Waals surface area contributed by atoms with Gasteiger partial charge in [-0.05, 0) is 57.0 Å². The van der Waals surface area contributed by atoms with Crippen molar-refractivity contribution in [2.24, 2.45) is 0 Å². The summed E-state index contributed by atoms with van der Waals surface area (Å²) in [5.74, 6) is 1.16. The molecule has 2 aromatic carbocycles. The molecule has 1 aliphatic heterocycles. The molecule has 0 bridgehead atoms. The van der Waals surface area contributed by atoms with Crippen LogP contribution < -0.4 is 9.47 Å². The van der Waals surface area contributed by atoms with Crippen LogP contribution in [-0.4, -0.2) is 57.4 Å². The normalized spacial score (nSPS) is 16.7. The summed E-state index contributed by atoms with van der Waals surface area (Å²) in [6, 6.07) is 11.5. The molecule has 1 fully saturated rings. The van der Waals surface area contributed by atoms with E-state index < -0.39 is 10.0 Å². The van der Waals surface area contributed by atoms with Crippen LogP contribution in [0.5, 0.6) is 11.5 Å². The molecule has 2 aromatic rings. The fourth-order valence-electron chi connectivity index (χ4n) is 3.83. The molecule has 0 aromatic heterocycles. The van der Waals surface area contributed by atoms with Crippen molar-refractivity contribution < 1.29 is 22.7 Å². The molecule has 8 heteroatoms. The SMILES string of the molecule is COc1ccc(C2CCCN2C(=O)c2cccc(S(=O)(=O)N(C)C(C)C)c2)c(OC)c1. The number of rotatable bonds is 7. The van der Waals surface area contributed by atoms with Gasteiger partial charge in [-0.3, -0.25) is 4.79 Å². The monoisotopic (exact) mass is 446 g/mol. The Hall–Kier alpha value is -2.58. The van der Waals surface area contributed by atoms with Crippen molar-refractivity contribution >= 4 is 15.9 Å². The third kappa shape index (κ3) is 4.55. The number of likely N-dealkylation sites (tertiary alicyclic amines) is 1. The van der Waals surface area contributed by atoms with Gasteiger partial charge in [-0.1, -0.05) is 6.07 Å². The lowest BCUT2D eigenvalue weighted by atomic mass is 10.0. The Morgan fingerprint density at radius 3 is 2.52 bits per heavy atom. The van der Waals surface area contributed by atoms with Gasteiger partial charge in [0.1, 0.15) is 11.5 Å². The summed E-state index contributed by atoms with van der Waals surface area (Å²) in [7, 11) is 1.06. The average molecular weight is 447 g/mol. The number of amides is 1. The first-order chi connectivity index (χ1) is 14.7. The van der Waals surface area contributed by atoms with Crippen LogP contribution in [0.4, 0.5) is 0 Å². The van der Waals surface area contributed by atoms with E-state index in [1.165, 1.54) is 16.4 Å². The van der Waals surface area contributed by atoms with Crippen LogP contribution in [0.3, 0.4) is 0 Å². The van der Waals surface area contributed by atoms with E-state index in [1.54, 1.807) is 38.3 Å². The Morgan fingerprint density at radius 2 is 1.87 bits per heavy atom. The van der Waals surface area contributed by atoms with Crippen LogP contribution in [-0.2, 0) is 10.0 Å². The van der Waals surface area contributed by atoms with E-state index in [9.17, 15) is 13.2 Å². The molecule has 1 unspecified atom stereocenters. The Morgan fingerprint density at radius 1 is 1.13 bits per heavy atom.